The number of carbonyl (C=O) groups is 1. The molecule has 9 nitrogen and oxygen atoms in total. The molecule has 0 N–H and O–H groups in total. The molecule has 152 valence electrons. The molecule has 0 saturated carbocycles. The Balaban J connectivity index is 1.36. The van der Waals surface area contributed by atoms with Crippen LogP contribution in [-0.2, 0) is 6.42 Å². The van der Waals surface area contributed by atoms with Crippen molar-refractivity contribution in [2.75, 3.05) is 20.2 Å². The quantitative estimate of drug-likeness (QED) is 0.632. The molecule has 9 heteroatoms. The van der Waals surface area contributed by atoms with E-state index < -0.39 is 0 Å². The van der Waals surface area contributed by atoms with Crippen molar-refractivity contribution in [1.82, 2.24) is 30.0 Å². The van der Waals surface area contributed by atoms with Crippen LogP contribution in [0, 0.1) is 0 Å². The van der Waals surface area contributed by atoms with Crippen molar-refractivity contribution in [3.63, 3.8) is 0 Å². The Bertz CT molecular complexity index is 957. The highest BCUT2D eigenvalue weighted by Crippen LogP contribution is 2.25. The summed E-state index contributed by atoms with van der Waals surface area (Å²) in [5, 5.41) is 12.4. The number of ether oxygens (including phenoxy) is 1. The molecule has 3 aromatic rings. The average molecular weight is 396 g/mol. The lowest BCUT2D eigenvalue weighted by Gasteiger charge is -2.31. The molecular weight excluding hydrogens is 372 g/mol. The van der Waals surface area contributed by atoms with Gasteiger partial charge in [-0.2, -0.15) is 4.98 Å². The van der Waals surface area contributed by atoms with Crippen LogP contribution in [0.3, 0.4) is 0 Å². The van der Waals surface area contributed by atoms with Gasteiger partial charge in [-0.3, -0.25) is 4.79 Å². The van der Waals surface area contributed by atoms with E-state index in [4.69, 9.17) is 9.26 Å². The van der Waals surface area contributed by atoms with Crippen LogP contribution in [0.15, 0.2) is 35.0 Å². The molecule has 0 aliphatic carbocycles. The third kappa shape index (κ3) is 4.13. The van der Waals surface area contributed by atoms with Gasteiger partial charge in [-0.15, -0.1) is 5.10 Å². The number of hydrogen-bond donors (Lipinski definition) is 0. The fraction of sp³-hybridized carbons (Fsp3) is 0.450. The van der Waals surface area contributed by atoms with Gasteiger partial charge in [0.05, 0.1) is 19.3 Å². The number of aromatic nitrogens is 5. The fourth-order valence-electron chi connectivity index (χ4n) is 3.49. The van der Waals surface area contributed by atoms with E-state index in [9.17, 15) is 4.79 Å². The minimum absolute atomic E-state index is 0.0414. The van der Waals surface area contributed by atoms with Crippen LogP contribution in [0.5, 0.6) is 5.75 Å². The molecule has 4 rings (SSSR count). The van der Waals surface area contributed by atoms with E-state index in [1.54, 1.807) is 31.4 Å². The largest absolute Gasteiger partial charge is 0.497 e. The summed E-state index contributed by atoms with van der Waals surface area (Å²) < 4.78 is 12.3. The summed E-state index contributed by atoms with van der Waals surface area (Å²) >= 11 is 0. The molecule has 3 heterocycles. The average Bonchev–Trinajstić information content (AvgIpc) is 3.43. The highest BCUT2D eigenvalue weighted by atomic mass is 16.5. The predicted octanol–water partition coefficient (Wildman–Crippen LogP) is 2.77. The lowest BCUT2D eigenvalue weighted by Crippen LogP contribution is -2.39. The lowest BCUT2D eigenvalue weighted by molar-refractivity contribution is 0.0689. The second-order valence-electron chi connectivity index (χ2n) is 7.10. The Morgan fingerprint density at radius 3 is 2.69 bits per heavy atom. The maximum absolute atomic E-state index is 12.7. The first-order valence-electron chi connectivity index (χ1n) is 9.86. The van der Waals surface area contributed by atoms with E-state index in [1.165, 1.54) is 0 Å². The number of carbonyl (C=O) groups excluding carboxylic acids is 1. The van der Waals surface area contributed by atoms with Crippen molar-refractivity contribution < 1.29 is 14.1 Å². The summed E-state index contributed by atoms with van der Waals surface area (Å²) in [5.41, 5.74) is 1.25. The second-order valence-corrected chi connectivity index (χ2v) is 7.10. The molecule has 1 aliphatic rings. The first-order chi connectivity index (χ1) is 14.2. The van der Waals surface area contributed by atoms with Gasteiger partial charge in [0.25, 0.3) is 11.8 Å². The first kappa shape index (κ1) is 19.1. The molecule has 1 aromatic carbocycles. The minimum atomic E-state index is 0.0414. The van der Waals surface area contributed by atoms with Crippen molar-refractivity contribution in [1.29, 1.82) is 0 Å². The van der Waals surface area contributed by atoms with Gasteiger partial charge < -0.3 is 14.2 Å². The molecular formula is C20H24N6O3. The Kier molecular flexibility index (Phi) is 5.55. The maximum Gasteiger partial charge on any atom is 0.280 e. The molecule has 0 atom stereocenters. The number of methoxy groups -OCH3 is 1. The molecule has 0 spiro atoms. The van der Waals surface area contributed by atoms with Gasteiger partial charge in [-0.05, 0) is 43.5 Å². The molecule has 1 saturated heterocycles. The van der Waals surface area contributed by atoms with Gasteiger partial charge in [0.2, 0.25) is 0 Å². The molecule has 1 amide bonds. The van der Waals surface area contributed by atoms with Crippen LogP contribution in [0.2, 0.25) is 0 Å². The fourth-order valence-corrected chi connectivity index (χ4v) is 3.49. The van der Waals surface area contributed by atoms with Gasteiger partial charge in [0.1, 0.15) is 5.75 Å². The number of amides is 1. The summed E-state index contributed by atoms with van der Waals surface area (Å²) in [7, 11) is 1.61. The highest BCUT2D eigenvalue weighted by Gasteiger charge is 2.26. The monoisotopic (exact) mass is 396 g/mol. The first-order valence-corrected chi connectivity index (χ1v) is 9.86. The normalized spacial score (nSPS) is 14.9. The van der Waals surface area contributed by atoms with Gasteiger partial charge in [0.15, 0.2) is 11.5 Å². The zero-order valence-electron chi connectivity index (χ0n) is 16.6. The van der Waals surface area contributed by atoms with Crippen LogP contribution in [0.1, 0.15) is 48.4 Å². The molecule has 0 unspecified atom stereocenters. The Morgan fingerprint density at radius 2 is 2.00 bits per heavy atom. The lowest BCUT2D eigenvalue weighted by atomic mass is 10.0. The summed E-state index contributed by atoms with van der Waals surface area (Å²) in [6.07, 6.45) is 5.21. The Morgan fingerprint density at radius 1 is 1.24 bits per heavy atom. The van der Waals surface area contributed by atoms with Gasteiger partial charge in [-0.25, -0.2) is 4.68 Å². The minimum Gasteiger partial charge on any atom is -0.497 e. The third-order valence-corrected chi connectivity index (χ3v) is 5.13. The predicted molar refractivity (Wildman–Crippen MR) is 104 cm³/mol. The molecule has 0 radical (unpaired) electrons. The topological polar surface area (TPSA) is 99.2 Å². The molecule has 2 aromatic heterocycles. The van der Waals surface area contributed by atoms with Crippen molar-refractivity contribution in [2.45, 2.75) is 38.6 Å². The van der Waals surface area contributed by atoms with Crippen LogP contribution in [-0.4, -0.2) is 56.1 Å². The van der Waals surface area contributed by atoms with E-state index in [2.05, 4.69) is 27.4 Å². The number of hydrogen-bond acceptors (Lipinski definition) is 7. The summed E-state index contributed by atoms with van der Waals surface area (Å²) in [6.45, 7) is 3.41. The van der Waals surface area contributed by atoms with Crippen LogP contribution in [0.25, 0.3) is 11.6 Å². The standard InChI is InChI=1S/C20H24N6O3/c1-3-4-18-21-19(29-23-18)17-13-26(24-22-17)15-9-11-25(12-10-15)20(27)14-5-7-16(28-2)8-6-14/h5-8,13,15H,3-4,9-12H2,1-2H3. The van der Waals surface area contributed by atoms with Crippen LogP contribution >= 0.6 is 0 Å². The number of aryl methyl sites for hydroxylation is 1. The number of likely N-dealkylation sites (tertiary alicyclic amines) is 1. The smallest absolute Gasteiger partial charge is 0.280 e. The zero-order valence-corrected chi connectivity index (χ0v) is 16.6. The van der Waals surface area contributed by atoms with Gasteiger partial charge >= 0.3 is 0 Å². The van der Waals surface area contributed by atoms with Gasteiger partial charge in [0, 0.05) is 25.1 Å². The summed E-state index contributed by atoms with van der Waals surface area (Å²) in [4.78, 5) is 18.9. The van der Waals surface area contributed by atoms with E-state index >= 15 is 0 Å². The van der Waals surface area contributed by atoms with E-state index in [0.29, 0.717) is 36.1 Å². The SMILES string of the molecule is CCCc1noc(-c2cn(C3CCN(C(=O)c4ccc(OC)cc4)CC3)nn2)n1. The molecule has 0 bridgehead atoms. The third-order valence-electron chi connectivity index (χ3n) is 5.13. The van der Waals surface area contributed by atoms with Crippen molar-refractivity contribution in [3.05, 3.63) is 41.9 Å². The van der Waals surface area contributed by atoms with Crippen molar-refractivity contribution in [3.8, 4) is 17.3 Å². The van der Waals surface area contributed by atoms with Gasteiger partial charge in [-0.1, -0.05) is 17.3 Å². The second kappa shape index (κ2) is 8.42. The summed E-state index contributed by atoms with van der Waals surface area (Å²) in [5.74, 6) is 1.86. The van der Waals surface area contributed by atoms with Crippen molar-refractivity contribution in [2.24, 2.45) is 0 Å². The number of nitrogens with zero attached hydrogens (tertiary/aromatic N) is 6. The zero-order chi connectivity index (χ0) is 20.2. The van der Waals surface area contributed by atoms with E-state index in [-0.39, 0.29) is 11.9 Å². The molecule has 1 fully saturated rings. The van der Waals surface area contributed by atoms with E-state index in [1.807, 2.05) is 15.8 Å². The van der Waals surface area contributed by atoms with Crippen LogP contribution in [0.4, 0.5) is 0 Å². The molecule has 1 aliphatic heterocycles. The maximum atomic E-state index is 12.7. The van der Waals surface area contributed by atoms with E-state index in [0.717, 1.165) is 31.4 Å². The van der Waals surface area contributed by atoms with Crippen LogP contribution < -0.4 is 4.74 Å². The number of benzene rings is 1. The number of rotatable bonds is 6. The highest BCUT2D eigenvalue weighted by molar-refractivity contribution is 5.94. The van der Waals surface area contributed by atoms with Crippen molar-refractivity contribution >= 4 is 5.91 Å². The Labute approximate surface area is 168 Å². The Hall–Kier alpha value is -3.23. The molecule has 29 heavy (non-hydrogen) atoms. The number of piperidine rings is 1. The summed E-state index contributed by atoms with van der Waals surface area (Å²) in [6, 6.07) is 7.40.